The van der Waals surface area contributed by atoms with Crippen molar-refractivity contribution < 1.29 is 0 Å². The van der Waals surface area contributed by atoms with Gasteiger partial charge in [-0.05, 0) is 50.7 Å². The van der Waals surface area contributed by atoms with Crippen molar-refractivity contribution in [3.8, 4) is 0 Å². The SMILES string of the molecule is CCCC1CCC(N(CC)c2ccccc2)CC1. The van der Waals surface area contributed by atoms with Crippen molar-refractivity contribution in [2.45, 2.75) is 58.4 Å². The van der Waals surface area contributed by atoms with Crippen molar-refractivity contribution in [3.63, 3.8) is 0 Å². The fraction of sp³-hybridized carbons (Fsp3) is 0.647. The molecule has 0 N–H and O–H groups in total. The Labute approximate surface area is 112 Å². The van der Waals surface area contributed by atoms with Gasteiger partial charge < -0.3 is 4.90 Å². The van der Waals surface area contributed by atoms with Crippen molar-refractivity contribution in [2.24, 2.45) is 5.92 Å². The van der Waals surface area contributed by atoms with Crippen LogP contribution in [0.5, 0.6) is 0 Å². The van der Waals surface area contributed by atoms with Crippen LogP contribution >= 0.6 is 0 Å². The van der Waals surface area contributed by atoms with Gasteiger partial charge in [0.25, 0.3) is 0 Å². The second kappa shape index (κ2) is 6.82. The smallest absolute Gasteiger partial charge is 0.0368 e. The maximum atomic E-state index is 2.60. The molecular formula is C17H27N. The third-order valence-corrected chi connectivity index (χ3v) is 4.38. The molecule has 1 aromatic rings. The highest BCUT2D eigenvalue weighted by atomic mass is 15.2. The first-order valence-corrected chi connectivity index (χ1v) is 7.66. The molecule has 1 heteroatoms. The van der Waals surface area contributed by atoms with Gasteiger partial charge >= 0.3 is 0 Å². The average Bonchev–Trinajstić information content (AvgIpc) is 2.43. The van der Waals surface area contributed by atoms with Crippen molar-refractivity contribution in [3.05, 3.63) is 30.3 Å². The summed E-state index contributed by atoms with van der Waals surface area (Å²) in [6.45, 7) is 5.73. The molecule has 0 unspecified atom stereocenters. The minimum absolute atomic E-state index is 0.769. The van der Waals surface area contributed by atoms with E-state index in [-0.39, 0.29) is 0 Å². The molecule has 0 heterocycles. The number of rotatable bonds is 5. The van der Waals surface area contributed by atoms with Crippen LogP contribution in [0.3, 0.4) is 0 Å². The van der Waals surface area contributed by atoms with Gasteiger partial charge in [0.05, 0.1) is 0 Å². The molecule has 1 saturated carbocycles. The fourth-order valence-corrected chi connectivity index (χ4v) is 3.42. The predicted molar refractivity (Wildman–Crippen MR) is 80.1 cm³/mol. The molecule has 0 bridgehead atoms. The minimum Gasteiger partial charge on any atom is -0.369 e. The quantitative estimate of drug-likeness (QED) is 0.715. The molecule has 0 atom stereocenters. The van der Waals surface area contributed by atoms with Crippen LogP contribution in [0, 0.1) is 5.92 Å². The Hall–Kier alpha value is -0.980. The Morgan fingerprint density at radius 3 is 2.22 bits per heavy atom. The van der Waals surface area contributed by atoms with Gasteiger partial charge in [-0.2, -0.15) is 0 Å². The Bertz CT molecular complexity index is 325. The molecule has 0 aromatic heterocycles. The van der Waals surface area contributed by atoms with E-state index in [1.807, 2.05) is 0 Å². The van der Waals surface area contributed by atoms with Crippen LogP contribution in [0.25, 0.3) is 0 Å². The van der Waals surface area contributed by atoms with Crippen LogP contribution < -0.4 is 4.90 Å². The van der Waals surface area contributed by atoms with E-state index in [4.69, 9.17) is 0 Å². The van der Waals surface area contributed by atoms with Crippen LogP contribution in [-0.4, -0.2) is 12.6 Å². The normalized spacial score (nSPS) is 23.9. The maximum absolute atomic E-state index is 2.60. The Morgan fingerprint density at radius 2 is 1.67 bits per heavy atom. The van der Waals surface area contributed by atoms with Crippen LogP contribution in [0.4, 0.5) is 5.69 Å². The zero-order chi connectivity index (χ0) is 12.8. The summed E-state index contributed by atoms with van der Waals surface area (Å²) in [5.41, 5.74) is 1.40. The van der Waals surface area contributed by atoms with Crippen molar-refractivity contribution >= 4 is 5.69 Å². The molecule has 0 amide bonds. The van der Waals surface area contributed by atoms with Gasteiger partial charge in [0, 0.05) is 18.3 Å². The molecule has 1 aliphatic carbocycles. The van der Waals surface area contributed by atoms with E-state index < -0.39 is 0 Å². The first-order chi connectivity index (χ1) is 8.85. The Balaban J connectivity index is 1.95. The number of benzene rings is 1. The summed E-state index contributed by atoms with van der Waals surface area (Å²) in [6.07, 6.45) is 8.42. The Kier molecular flexibility index (Phi) is 5.10. The number of anilines is 1. The highest BCUT2D eigenvalue weighted by Gasteiger charge is 2.24. The maximum Gasteiger partial charge on any atom is 0.0368 e. The molecule has 18 heavy (non-hydrogen) atoms. The zero-order valence-corrected chi connectivity index (χ0v) is 11.9. The summed E-state index contributed by atoms with van der Waals surface area (Å²) in [7, 11) is 0. The number of nitrogens with zero attached hydrogens (tertiary/aromatic N) is 1. The molecule has 1 aromatic carbocycles. The molecular weight excluding hydrogens is 218 g/mol. The predicted octanol–water partition coefficient (Wildman–Crippen LogP) is 4.87. The van der Waals surface area contributed by atoms with Crippen molar-refractivity contribution in [1.82, 2.24) is 0 Å². The van der Waals surface area contributed by atoms with Gasteiger partial charge in [0.15, 0.2) is 0 Å². The van der Waals surface area contributed by atoms with E-state index in [1.54, 1.807) is 0 Å². The lowest BCUT2D eigenvalue weighted by molar-refractivity contribution is 0.300. The lowest BCUT2D eigenvalue weighted by Crippen LogP contribution is -2.38. The number of hydrogen-bond donors (Lipinski definition) is 0. The van der Waals surface area contributed by atoms with E-state index in [9.17, 15) is 0 Å². The van der Waals surface area contributed by atoms with E-state index in [1.165, 1.54) is 44.2 Å². The minimum atomic E-state index is 0.769. The summed E-state index contributed by atoms with van der Waals surface area (Å²) in [4.78, 5) is 2.60. The molecule has 100 valence electrons. The summed E-state index contributed by atoms with van der Waals surface area (Å²) < 4.78 is 0. The largest absolute Gasteiger partial charge is 0.369 e. The van der Waals surface area contributed by atoms with Gasteiger partial charge in [0.1, 0.15) is 0 Å². The summed E-state index contributed by atoms with van der Waals surface area (Å²) in [6, 6.07) is 11.7. The first kappa shape index (κ1) is 13.5. The van der Waals surface area contributed by atoms with Crippen molar-refractivity contribution in [2.75, 3.05) is 11.4 Å². The van der Waals surface area contributed by atoms with Crippen LogP contribution in [-0.2, 0) is 0 Å². The summed E-state index contributed by atoms with van der Waals surface area (Å²) >= 11 is 0. The molecule has 1 fully saturated rings. The molecule has 0 saturated heterocycles. The zero-order valence-electron chi connectivity index (χ0n) is 11.9. The van der Waals surface area contributed by atoms with Gasteiger partial charge in [-0.25, -0.2) is 0 Å². The molecule has 0 spiro atoms. The highest BCUT2D eigenvalue weighted by molar-refractivity contribution is 5.47. The van der Waals surface area contributed by atoms with Gasteiger partial charge in [-0.1, -0.05) is 38.0 Å². The number of hydrogen-bond acceptors (Lipinski definition) is 1. The second-order valence-electron chi connectivity index (χ2n) is 5.58. The standard InChI is InChI=1S/C17H27N/c1-3-8-15-11-13-17(14-12-15)18(4-2)16-9-6-5-7-10-16/h5-7,9-10,15,17H,3-4,8,11-14H2,1-2H3. The summed E-state index contributed by atoms with van der Waals surface area (Å²) in [5, 5.41) is 0. The van der Waals surface area contributed by atoms with E-state index in [0.29, 0.717) is 0 Å². The third-order valence-electron chi connectivity index (χ3n) is 4.38. The summed E-state index contributed by atoms with van der Waals surface area (Å²) in [5.74, 6) is 1.00. The molecule has 2 rings (SSSR count). The lowest BCUT2D eigenvalue weighted by atomic mass is 9.83. The van der Waals surface area contributed by atoms with Crippen LogP contribution in [0.15, 0.2) is 30.3 Å². The second-order valence-corrected chi connectivity index (χ2v) is 5.58. The highest BCUT2D eigenvalue weighted by Crippen LogP contribution is 2.32. The van der Waals surface area contributed by atoms with Crippen LogP contribution in [0.1, 0.15) is 52.4 Å². The van der Waals surface area contributed by atoms with Gasteiger partial charge in [-0.3, -0.25) is 0 Å². The van der Waals surface area contributed by atoms with Gasteiger partial charge in [0.2, 0.25) is 0 Å². The van der Waals surface area contributed by atoms with E-state index >= 15 is 0 Å². The topological polar surface area (TPSA) is 3.24 Å². The van der Waals surface area contributed by atoms with Crippen LogP contribution in [0.2, 0.25) is 0 Å². The monoisotopic (exact) mass is 245 g/mol. The Morgan fingerprint density at radius 1 is 1.00 bits per heavy atom. The lowest BCUT2D eigenvalue weighted by Gasteiger charge is -2.38. The van der Waals surface area contributed by atoms with E-state index in [0.717, 1.165) is 18.5 Å². The van der Waals surface area contributed by atoms with E-state index in [2.05, 4.69) is 49.1 Å². The number of para-hydroxylation sites is 1. The molecule has 1 nitrogen and oxygen atoms in total. The first-order valence-electron chi connectivity index (χ1n) is 7.66. The average molecular weight is 245 g/mol. The fourth-order valence-electron chi connectivity index (χ4n) is 3.42. The third kappa shape index (κ3) is 3.28. The molecule has 1 aliphatic rings. The molecule has 0 aliphatic heterocycles. The van der Waals surface area contributed by atoms with Crippen molar-refractivity contribution in [1.29, 1.82) is 0 Å². The molecule has 0 radical (unpaired) electrons. The van der Waals surface area contributed by atoms with Gasteiger partial charge in [-0.15, -0.1) is 0 Å².